The fraction of sp³-hybridized carbons (Fsp3) is 0.562. The van der Waals surface area contributed by atoms with Gasteiger partial charge in [0, 0.05) is 25.2 Å². The fourth-order valence-corrected chi connectivity index (χ4v) is 2.95. The smallest absolute Gasteiger partial charge is 0.282 e. The van der Waals surface area contributed by atoms with Crippen molar-refractivity contribution in [1.29, 1.82) is 0 Å². The zero-order valence-electron chi connectivity index (χ0n) is 12.8. The van der Waals surface area contributed by atoms with Gasteiger partial charge in [0.25, 0.3) is 11.6 Å². The number of carbonyl (C=O) groups excluding carboxylic acids is 1. The second-order valence-corrected chi connectivity index (χ2v) is 6.34. The number of halogens is 1. The van der Waals surface area contributed by atoms with Crippen molar-refractivity contribution in [1.82, 2.24) is 10.2 Å². The number of amides is 1. The number of nitrogens with zero attached hydrogens (tertiary/aromatic N) is 2. The van der Waals surface area contributed by atoms with Crippen LogP contribution in [0.1, 0.15) is 36.0 Å². The molecule has 0 aromatic heterocycles. The highest BCUT2D eigenvalue weighted by molar-refractivity contribution is 5.98. The van der Waals surface area contributed by atoms with E-state index in [0.29, 0.717) is 19.1 Å². The van der Waals surface area contributed by atoms with Crippen LogP contribution >= 0.6 is 0 Å². The Morgan fingerprint density at radius 2 is 2.00 bits per heavy atom. The minimum atomic E-state index is -0.642. The first-order valence-corrected chi connectivity index (χ1v) is 8.01. The number of rotatable bonds is 5. The van der Waals surface area contributed by atoms with Crippen LogP contribution in [0.4, 0.5) is 10.1 Å². The van der Waals surface area contributed by atoms with Gasteiger partial charge in [-0.15, -0.1) is 0 Å². The molecular formula is C16H20FN3O3. The third kappa shape index (κ3) is 3.85. The minimum absolute atomic E-state index is 0.167. The summed E-state index contributed by atoms with van der Waals surface area (Å²) in [7, 11) is 0. The largest absolute Gasteiger partial charge is 0.338 e. The molecule has 3 rings (SSSR count). The van der Waals surface area contributed by atoms with Crippen molar-refractivity contribution >= 4 is 11.6 Å². The predicted molar refractivity (Wildman–Crippen MR) is 82.7 cm³/mol. The van der Waals surface area contributed by atoms with Gasteiger partial charge in [0.05, 0.1) is 4.92 Å². The van der Waals surface area contributed by atoms with Gasteiger partial charge in [0.15, 0.2) is 0 Å². The monoisotopic (exact) mass is 321 g/mol. The molecule has 2 fully saturated rings. The lowest BCUT2D eigenvalue weighted by molar-refractivity contribution is -0.385. The van der Waals surface area contributed by atoms with Gasteiger partial charge in [-0.2, -0.15) is 0 Å². The summed E-state index contributed by atoms with van der Waals surface area (Å²) in [6.07, 6.45) is 4.24. The summed E-state index contributed by atoms with van der Waals surface area (Å²) in [5.74, 6) is -0.290. The van der Waals surface area contributed by atoms with E-state index in [4.69, 9.17) is 0 Å². The molecular weight excluding hydrogens is 301 g/mol. The Kier molecular flexibility index (Phi) is 4.56. The van der Waals surface area contributed by atoms with Crippen LogP contribution in [0.15, 0.2) is 18.2 Å². The molecule has 1 saturated carbocycles. The van der Waals surface area contributed by atoms with Crippen molar-refractivity contribution in [2.45, 2.75) is 31.7 Å². The first kappa shape index (κ1) is 15.9. The lowest BCUT2D eigenvalue weighted by atomic mass is 10.0. The molecule has 1 heterocycles. The molecule has 0 unspecified atom stereocenters. The highest BCUT2D eigenvalue weighted by Crippen LogP contribution is 2.28. The van der Waals surface area contributed by atoms with E-state index >= 15 is 0 Å². The molecule has 1 N–H and O–H groups in total. The number of carbonyl (C=O) groups is 1. The van der Waals surface area contributed by atoms with Crippen molar-refractivity contribution in [3.63, 3.8) is 0 Å². The highest BCUT2D eigenvalue weighted by atomic mass is 19.1. The highest BCUT2D eigenvalue weighted by Gasteiger charge is 2.29. The van der Waals surface area contributed by atoms with Crippen LogP contribution in [-0.4, -0.2) is 41.4 Å². The molecule has 124 valence electrons. The van der Waals surface area contributed by atoms with E-state index in [2.05, 4.69) is 5.32 Å². The summed E-state index contributed by atoms with van der Waals surface area (Å²) < 4.78 is 13.4. The molecule has 0 atom stereocenters. The second-order valence-electron chi connectivity index (χ2n) is 6.34. The SMILES string of the molecule is O=C(c1cc(F)ccc1[N+](=O)[O-])N1CCC(NCC2CC2)CC1. The number of nitro benzene ring substituents is 1. The van der Waals surface area contributed by atoms with E-state index in [-0.39, 0.29) is 11.3 Å². The third-order valence-corrected chi connectivity index (χ3v) is 4.56. The summed E-state index contributed by atoms with van der Waals surface area (Å²) >= 11 is 0. The van der Waals surface area contributed by atoms with Crippen molar-refractivity contribution in [3.8, 4) is 0 Å². The quantitative estimate of drug-likeness (QED) is 0.667. The summed E-state index contributed by atoms with van der Waals surface area (Å²) in [6.45, 7) is 2.11. The van der Waals surface area contributed by atoms with Crippen LogP contribution < -0.4 is 5.32 Å². The number of nitrogens with one attached hydrogen (secondary N) is 1. The Balaban J connectivity index is 1.62. The zero-order valence-corrected chi connectivity index (χ0v) is 12.8. The van der Waals surface area contributed by atoms with Crippen molar-refractivity contribution < 1.29 is 14.1 Å². The van der Waals surface area contributed by atoms with Crippen LogP contribution in [0.2, 0.25) is 0 Å². The molecule has 7 heteroatoms. The summed E-state index contributed by atoms with van der Waals surface area (Å²) in [6, 6.07) is 3.40. The number of hydrogen-bond donors (Lipinski definition) is 1. The molecule has 1 amide bonds. The Morgan fingerprint density at radius 3 is 2.61 bits per heavy atom. The Morgan fingerprint density at radius 1 is 1.30 bits per heavy atom. The first-order chi connectivity index (χ1) is 11.0. The van der Waals surface area contributed by atoms with Gasteiger partial charge in [-0.05, 0) is 50.3 Å². The molecule has 2 aliphatic rings. The molecule has 1 saturated heterocycles. The molecule has 1 aromatic carbocycles. The predicted octanol–water partition coefficient (Wildman–Crippen LogP) is 2.34. The van der Waals surface area contributed by atoms with Crippen LogP contribution in [0, 0.1) is 21.8 Å². The number of piperidine rings is 1. The first-order valence-electron chi connectivity index (χ1n) is 8.01. The Labute approximate surface area is 133 Å². The van der Waals surface area contributed by atoms with E-state index in [9.17, 15) is 19.3 Å². The van der Waals surface area contributed by atoms with Gasteiger partial charge >= 0.3 is 0 Å². The van der Waals surface area contributed by atoms with E-state index in [1.165, 1.54) is 12.8 Å². The van der Waals surface area contributed by atoms with Crippen LogP contribution in [-0.2, 0) is 0 Å². The lowest BCUT2D eigenvalue weighted by Gasteiger charge is -2.32. The van der Waals surface area contributed by atoms with Crippen LogP contribution in [0.25, 0.3) is 0 Å². The van der Waals surface area contributed by atoms with Crippen LogP contribution in [0.3, 0.4) is 0 Å². The second kappa shape index (κ2) is 6.62. The average molecular weight is 321 g/mol. The van der Waals surface area contributed by atoms with E-state index in [1.54, 1.807) is 4.90 Å². The van der Waals surface area contributed by atoms with Gasteiger partial charge in [-0.1, -0.05) is 0 Å². The van der Waals surface area contributed by atoms with Gasteiger partial charge in [0.2, 0.25) is 0 Å². The molecule has 1 aliphatic carbocycles. The van der Waals surface area contributed by atoms with E-state index < -0.39 is 16.6 Å². The number of benzene rings is 1. The topological polar surface area (TPSA) is 75.5 Å². The van der Waals surface area contributed by atoms with Gasteiger partial charge in [0.1, 0.15) is 11.4 Å². The van der Waals surface area contributed by atoms with E-state index in [0.717, 1.165) is 43.5 Å². The number of hydrogen-bond acceptors (Lipinski definition) is 4. The van der Waals surface area contributed by atoms with Crippen molar-refractivity contribution in [2.75, 3.05) is 19.6 Å². The van der Waals surface area contributed by atoms with Gasteiger partial charge in [-0.25, -0.2) is 4.39 Å². The Bertz CT molecular complexity index is 611. The molecule has 6 nitrogen and oxygen atoms in total. The van der Waals surface area contributed by atoms with Crippen molar-refractivity contribution in [2.24, 2.45) is 5.92 Å². The molecule has 0 spiro atoms. The number of nitro groups is 1. The molecule has 0 radical (unpaired) electrons. The maximum Gasteiger partial charge on any atom is 0.282 e. The normalized spacial score (nSPS) is 18.9. The maximum absolute atomic E-state index is 13.4. The minimum Gasteiger partial charge on any atom is -0.338 e. The standard InChI is InChI=1S/C16H20FN3O3/c17-12-3-4-15(20(22)23)14(9-12)16(21)19-7-5-13(6-8-19)18-10-11-1-2-11/h3-4,9,11,13,18H,1-2,5-8,10H2. The summed E-state index contributed by atoms with van der Waals surface area (Å²) in [4.78, 5) is 24.5. The summed E-state index contributed by atoms with van der Waals surface area (Å²) in [5, 5.41) is 14.5. The van der Waals surface area contributed by atoms with Crippen molar-refractivity contribution in [3.05, 3.63) is 39.7 Å². The molecule has 0 bridgehead atoms. The summed E-state index contributed by atoms with van der Waals surface area (Å²) in [5.41, 5.74) is -0.509. The molecule has 23 heavy (non-hydrogen) atoms. The maximum atomic E-state index is 13.4. The fourth-order valence-electron chi connectivity index (χ4n) is 2.95. The molecule has 1 aliphatic heterocycles. The van der Waals surface area contributed by atoms with Gasteiger partial charge < -0.3 is 10.2 Å². The van der Waals surface area contributed by atoms with E-state index in [1.807, 2.05) is 0 Å². The average Bonchev–Trinajstić information content (AvgIpc) is 3.36. The zero-order chi connectivity index (χ0) is 16.4. The van der Waals surface area contributed by atoms with Crippen LogP contribution in [0.5, 0.6) is 0 Å². The Hall–Kier alpha value is -2.02. The lowest BCUT2D eigenvalue weighted by Crippen LogP contribution is -2.45. The number of likely N-dealkylation sites (tertiary alicyclic amines) is 1. The third-order valence-electron chi connectivity index (χ3n) is 4.56. The van der Waals surface area contributed by atoms with Gasteiger partial charge in [-0.3, -0.25) is 14.9 Å². The molecule has 1 aromatic rings.